The van der Waals surface area contributed by atoms with Gasteiger partial charge in [0.15, 0.2) is 11.5 Å². The number of esters is 1. The lowest BCUT2D eigenvalue weighted by molar-refractivity contribution is -0.388. The van der Waals surface area contributed by atoms with Crippen molar-refractivity contribution in [1.82, 2.24) is 0 Å². The van der Waals surface area contributed by atoms with E-state index in [4.69, 9.17) is 9.47 Å². The van der Waals surface area contributed by atoms with Gasteiger partial charge in [0.25, 0.3) is 0 Å². The van der Waals surface area contributed by atoms with Crippen LogP contribution in [0.15, 0.2) is 0 Å². The van der Waals surface area contributed by atoms with E-state index >= 15 is 0 Å². The zero-order chi connectivity index (χ0) is 19.2. The van der Waals surface area contributed by atoms with Crippen LogP contribution < -0.4 is 9.64 Å². The summed E-state index contributed by atoms with van der Waals surface area (Å²) in [6.45, 7) is -0.307. The van der Waals surface area contributed by atoms with Gasteiger partial charge in [-0.2, -0.15) is 8.78 Å². The largest absolute Gasteiger partial charge is 0.486 e. The average molecular weight is 374 g/mol. The molecule has 0 radical (unpaired) electrons. The Morgan fingerprint density at radius 3 is 2.69 bits per heavy atom. The molecule has 2 aliphatic rings. The van der Waals surface area contributed by atoms with Crippen molar-refractivity contribution >= 4 is 23.1 Å². The van der Waals surface area contributed by atoms with Crippen molar-refractivity contribution in [1.29, 1.82) is 0 Å². The Morgan fingerprint density at radius 2 is 2.12 bits per heavy atom. The minimum Gasteiger partial charge on any atom is -0.486 e. The molecule has 2 atom stereocenters. The first-order valence-electron chi connectivity index (χ1n) is 7.69. The van der Waals surface area contributed by atoms with Crippen LogP contribution in [-0.2, 0) is 9.53 Å². The highest BCUT2D eigenvalue weighted by atomic mass is 19.2. The molecule has 2 heterocycles. The normalized spacial score (nSPS) is 21.1. The summed E-state index contributed by atoms with van der Waals surface area (Å²) < 4.78 is 51.6. The van der Waals surface area contributed by atoms with Crippen LogP contribution in [0.1, 0.15) is 17.3 Å². The molecule has 0 aliphatic carbocycles. The molecule has 26 heavy (non-hydrogen) atoms. The molecule has 0 fully saturated rings. The first-order chi connectivity index (χ1) is 12.3. The van der Waals surface area contributed by atoms with Crippen molar-refractivity contribution < 1.29 is 37.2 Å². The summed E-state index contributed by atoms with van der Waals surface area (Å²) in [6.07, 6.45) is 0. The van der Waals surface area contributed by atoms with E-state index in [0.29, 0.717) is 0 Å². The lowest BCUT2D eigenvalue weighted by atomic mass is 9.87. The van der Waals surface area contributed by atoms with Crippen molar-refractivity contribution in [2.24, 2.45) is 5.92 Å². The molecule has 2 aliphatic heterocycles. The summed E-state index contributed by atoms with van der Waals surface area (Å²) in [6, 6.07) is -1.02. The van der Waals surface area contributed by atoms with Gasteiger partial charge in [-0.15, -0.1) is 0 Å². The monoisotopic (exact) mass is 374 g/mol. The van der Waals surface area contributed by atoms with E-state index in [0.717, 1.165) is 4.90 Å². The molecule has 1 aromatic carbocycles. The van der Waals surface area contributed by atoms with Crippen LogP contribution in [0.3, 0.4) is 0 Å². The van der Waals surface area contributed by atoms with Crippen LogP contribution in [0.4, 0.5) is 24.5 Å². The van der Waals surface area contributed by atoms with Crippen LogP contribution in [-0.4, -0.2) is 49.2 Å². The second kappa shape index (κ2) is 6.46. The number of rotatable bonds is 4. The first kappa shape index (κ1) is 18.0. The Morgan fingerprint density at radius 1 is 1.42 bits per heavy atom. The van der Waals surface area contributed by atoms with Gasteiger partial charge in [-0.3, -0.25) is 19.7 Å². The van der Waals surface area contributed by atoms with Crippen molar-refractivity contribution in [2.75, 3.05) is 31.3 Å². The number of benzene rings is 1. The Labute approximate surface area is 144 Å². The Hall–Kier alpha value is -2.85. The highest BCUT2D eigenvalue weighted by molar-refractivity contribution is 6.17. The second-order valence-corrected chi connectivity index (χ2v) is 5.73. The Balaban J connectivity index is 2.29. The molecular weight excluding hydrogens is 361 g/mol. The van der Waals surface area contributed by atoms with E-state index in [1.165, 1.54) is 6.92 Å². The quantitative estimate of drug-likeness (QED) is 0.343. The van der Waals surface area contributed by atoms with Crippen molar-refractivity contribution in [3.63, 3.8) is 0 Å². The maximum absolute atomic E-state index is 14.2. The predicted molar refractivity (Wildman–Crippen MR) is 80.1 cm³/mol. The number of carbonyl (C=O) groups is 2. The Kier molecular flexibility index (Phi) is 4.46. The molecule has 0 saturated heterocycles. The van der Waals surface area contributed by atoms with Gasteiger partial charge >= 0.3 is 11.7 Å². The maximum Gasteiger partial charge on any atom is 0.321 e. The van der Waals surface area contributed by atoms with Gasteiger partial charge in [-0.05, 0) is 6.92 Å². The first-order valence-corrected chi connectivity index (χ1v) is 7.69. The molecule has 0 N–H and O–H groups in total. The summed E-state index contributed by atoms with van der Waals surface area (Å²) in [5, 5.41) is 11.3. The highest BCUT2D eigenvalue weighted by Crippen LogP contribution is 2.48. The van der Waals surface area contributed by atoms with E-state index in [2.05, 4.69) is 0 Å². The zero-order valence-electron chi connectivity index (χ0n) is 13.5. The molecule has 1 unspecified atom stereocenters. The van der Waals surface area contributed by atoms with Crippen LogP contribution in [0, 0.1) is 27.7 Å². The number of hydrogen-bond donors (Lipinski definition) is 0. The molecule has 1 aromatic rings. The van der Waals surface area contributed by atoms with E-state index < -0.39 is 69.6 Å². The lowest BCUT2D eigenvalue weighted by Crippen LogP contribution is -2.53. The molecular formula is C15H13F3N2O6. The second-order valence-electron chi connectivity index (χ2n) is 5.73. The van der Waals surface area contributed by atoms with E-state index in [1.807, 2.05) is 0 Å². The topological polar surface area (TPSA) is 99.0 Å². The number of alkyl halides is 1. The minimum atomic E-state index is -1.87. The summed E-state index contributed by atoms with van der Waals surface area (Å²) in [7, 11) is 0. The molecule has 11 heteroatoms. The fourth-order valence-corrected chi connectivity index (χ4v) is 3.15. The molecule has 8 nitrogen and oxygen atoms in total. The number of ether oxygens (including phenoxy) is 2. The molecule has 0 bridgehead atoms. The number of Topliss-reactive ketones (excluding diaryl/α,β-unsaturated/α-hetero) is 1. The summed E-state index contributed by atoms with van der Waals surface area (Å²) in [5.74, 6) is -7.81. The van der Waals surface area contributed by atoms with Crippen molar-refractivity contribution in [3.8, 4) is 5.75 Å². The predicted octanol–water partition coefficient (Wildman–Crippen LogP) is 1.79. The van der Waals surface area contributed by atoms with E-state index in [9.17, 15) is 32.9 Å². The van der Waals surface area contributed by atoms with Gasteiger partial charge in [-0.1, -0.05) is 0 Å². The van der Waals surface area contributed by atoms with Crippen LogP contribution in [0.5, 0.6) is 5.75 Å². The van der Waals surface area contributed by atoms with Gasteiger partial charge in [-0.25, -0.2) is 4.39 Å². The maximum atomic E-state index is 14.2. The van der Waals surface area contributed by atoms with E-state index in [1.54, 1.807) is 0 Å². The Bertz CT molecular complexity index is 815. The molecule has 0 amide bonds. The number of nitro benzene ring substituents is 1. The van der Waals surface area contributed by atoms with Gasteiger partial charge in [0, 0.05) is 6.54 Å². The third kappa shape index (κ3) is 2.45. The van der Waals surface area contributed by atoms with Gasteiger partial charge in [0.2, 0.25) is 11.6 Å². The number of halogens is 3. The van der Waals surface area contributed by atoms with Gasteiger partial charge in [0.05, 0.1) is 17.6 Å². The molecule has 3 rings (SSSR count). The molecule has 0 saturated carbocycles. The lowest BCUT2D eigenvalue weighted by Gasteiger charge is -2.42. The van der Waals surface area contributed by atoms with Crippen LogP contribution >= 0.6 is 0 Å². The number of hydrogen-bond acceptors (Lipinski definition) is 7. The fraction of sp³-hybridized carbons (Fsp3) is 0.467. The summed E-state index contributed by atoms with van der Waals surface area (Å²) >= 11 is 0. The van der Waals surface area contributed by atoms with Crippen LogP contribution in [0.2, 0.25) is 0 Å². The third-order valence-electron chi connectivity index (χ3n) is 4.31. The summed E-state index contributed by atoms with van der Waals surface area (Å²) in [5.41, 5.74) is -2.63. The fourth-order valence-electron chi connectivity index (χ4n) is 3.15. The number of nitro groups is 1. The van der Waals surface area contributed by atoms with Gasteiger partial charge in [0.1, 0.15) is 30.5 Å². The highest BCUT2D eigenvalue weighted by Gasteiger charge is 2.50. The number of anilines is 1. The molecule has 0 spiro atoms. The minimum absolute atomic E-state index is 0.0593. The number of nitrogens with zero attached hydrogens (tertiary/aromatic N) is 2. The van der Waals surface area contributed by atoms with Crippen LogP contribution in [0.25, 0.3) is 0 Å². The van der Waals surface area contributed by atoms with Crippen molar-refractivity contribution in [3.05, 3.63) is 27.3 Å². The standard InChI is InChI=1S/C15H13F3N2O6/c1-2-25-15(22)7-4-19-6(3-16)5-26-14-10(18)9(17)11(20(23)24)8(12(14)19)13(7)21/h6-7H,2-5H2,1H3/t6-,7?/m0/s1. The average Bonchev–Trinajstić information content (AvgIpc) is 2.60. The number of ketones is 1. The smallest absolute Gasteiger partial charge is 0.321 e. The zero-order valence-corrected chi connectivity index (χ0v) is 13.5. The van der Waals surface area contributed by atoms with E-state index in [-0.39, 0.29) is 19.8 Å². The molecule has 0 aromatic heterocycles. The molecule has 140 valence electrons. The van der Waals surface area contributed by atoms with Crippen molar-refractivity contribution in [2.45, 2.75) is 13.0 Å². The summed E-state index contributed by atoms with van der Waals surface area (Å²) in [4.78, 5) is 35.9. The SMILES string of the molecule is CCOC(=O)C1CN2c3c(c(F)c(F)c([N+](=O)[O-])c3C1=O)OC[C@@H]2CF. The third-order valence-corrected chi connectivity index (χ3v) is 4.31. The van der Waals surface area contributed by atoms with Gasteiger partial charge < -0.3 is 14.4 Å². The number of carbonyl (C=O) groups excluding carboxylic acids is 2.